The molecule has 1 fully saturated rings. The lowest BCUT2D eigenvalue weighted by Crippen LogP contribution is -2.31. The highest BCUT2D eigenvalue weighted by Crippen LogP contribution is 2.43. The molecule has 2 heterocycles. The molecule has 0 aliphatic heterocycles. The second-order valence-electron chi connectivity index (χ2n) is 9.94. The van der Waals surface area contributed by atoms with Crippen LogP contribution in [0.5, 0.6) is 0 Å². The molecule has 2 aliphatic carbocycles. The summed E-state index contributed by atoms with van der Waals surface area (Å²) in [6.45, 7) is 5.24. The predicted molar refractivity (Wildman–Crippen MR) is 154 cm³/mol. The number of sulfonamides is 1. The summed E-state index contributed by atoms with van der Waals surface area (Å²) < 4.78 is 49.6. The third-order valence-electron chi connectivity index (χ3n) is 7.14. The molecular formula is C27H27FIN3O5S. The number of rotatable bonds is 6. The number of allylic oxidation sites excluding steroid dienone is 4. The van der Waals surface area contributed by atoms with Crippen LogP contribution in [0.1, 0.15) is 48.5 Å². The molecule has 2 aromatic heterocycles. The molecule has 0 radical (unpaired) electrons. The molecule has 1 aromatic carbocycles. The monoisotopic (exact) mass is 651 g/mol. The summed E-state index contributed by atoms with van der Waals surface area (Å²) in [6.07, 6.45) is 8.13. The molecule has 0 spiro atoms. The number of pyridine rings is 1. The molecule has 0 amide bonds. The van der Waals surface area contributed by atoms with Crippen molar-refractivity contribution in [3.05, 3.63) is 89.1 Å². The molecule has 5 rings (SSSR count). The van der Waals surface area contributed by atoms with Crippen LogP contribution in [0.4, 0.5) is 15.8 Å². The molecule has 1 unspecified atom stereocenters. The van der Waals surface area contributed by atoms with E-state index < -0.39 is 27.4 Å². The van der Waals surface area contributed by atoms with Crippen molar-refractivity contribution >= 4 is 55.0 Å². The lowest BCUT2D eigenvalue weighted by molar-refractivity contribution is 0.519. The van der Waals surface area contributed by atoms with Crippen LogP contribution >= 0.6 is 22.6 Å². The number of nitrogens with one attached hydrogen (secondary N) is 2. The average Bonchev–Trinajstić information content (AvgIpc) is 3.65. The Labute approximate surface area is 232 Å². The van der Waals surface area contributed by atoms with Crippen molar-refractivity contribution in [2.24, 2.45) is 5.92 Å². The fraction of sp³-hybridized carbons (Fsp3) is 0.333. The minimum atomic E-state index is -3.52. The quantitative estimate of drug-likeness (QED) is 0.359. The van der Waals surface area contributed by atoms with Gasteiger partial charge < -0.3 is 14.3 Å². The van der Waals surface area contributed by atoms with Crippen molar-refractivity contribution < 1.29 is 17.2 Å². The topological polar surface area (TPSA) is 110 Å². The predicted octanol–water partition coefficient (Wildman–Crippen LogP) is 5.12. The van der Waals surface area contributed by atoms with Crippen molar-refractivity contribution in [1.82, 2.24) is 9.29 Å². The fourth-order valence-electron chi connectivity index (χ4n) is 5.11. The van der Waals surface area contributed by atoms with Gasteiger partial charge in [0.1, 0.15) is 11.2 Å². The lowest BCUT2D eigenvalue weighted by atomic mass is 9.80. The standard InChI is InChI=1S/C27H27FIN3O5S/c1-13-18(6-5-7-20(13)31-38(4,35)36)22-15(3)32(17-9-10-17)26(33)23-24(14(2)27(34)37-25(22)23)30-21-11-8-16(29)12-19(21)28/h5-8,11-13,17-18,30-31H,9-10H2,1-4H3/t13-,18?/m0/s1. The van der Waals surface area contributed by atoms with Crippen molar-refractivity contribution in [3.8, 4) is 0 Å². The van der Waals surface area contributed by atoms with Gasteiger partial charge in [-0.3, -0.25) is 9.52 Å². The van der Waals surface area contributed by atoms with Crippen LogP contribution in [-0.4, -0.2) is 19.2 Å². The molecular weight excluding hydrogens is 624 g/mol. The zero-order chi connectivity index (χ0) is 27.5. The van der Waals surface area contributed by atoms with Gasteiger partial charge in [-0.25, -0.2) is 17.6 Å². The molecule has 1 saturated carbocycles. The minimum Gasteiger partial charge on any atom is -0.422 e. The second kappa shape index (κ2) is 9.67. The van der Waals surface area contributed by atoms with Crippen molar-refractivity contribution in [2.75, 3.05) is 11.6 Å². The number of halogens is 2. The number of aromatic nitrogens is 1. The van der Waals surface area contributed by atoms with Gasteiger partial charge in [0.25, 0.3) is 5.56 Å². The van der Waals surface area contributed by atoms with Crippen LogP contribution in [0.25, 0.3) is 11.0 Å². The van der Waals surface area contributed by atoms with Gasteiger partial charge in [0.2, 0.25) is 10.0 Å². The van der Waals surface area contributed by atoms with Gasteiger partial charge in [-0.1, -0.05) is 19.1 Å². The summed E-state index contributed by atoms with van der Waals surface area (Å²) in [5.41, 5.74) is 1.43. The number of fused-ring (bicyclic) bond motifs is 1. The maximum atomic E-state index is 14.8. The Bertz CT molecular complexity index is 1770. The number of benzene rings is 1. The SMILES string of the molecule is Cc1c(Nc2ccc(I)cc2F)c2c(=O)n(C3CC3)c(C)c(C3C=CC=C(NS(C)(=O)=O)[C@H]3C)c2oc1=O. The molecule has 2 aliphatic rings. The highest BCUT2D eigenvalue weighted by molar-refractivity contribution is 14.1. The first-order chi connectivity index (χ1) is 17.9. The molecule has 200 valence electrons. The van der Waals surface area contributed by atoms with Gasteiger partial charge in [0.05, 0.1) is 23.2 Å². The van der Waals surface area contributed by atoms with E-state index in [0.717, 1.165) is 19.1 Å². The largest absolute Gasteiger partial charge is 0.422 e. The van der Waals surface area contributed by atoms with Gasteiger partial charge in [0, 0.05) is 38.4 Å². The van der Waals surface area contributed by atoms with Crippen molar-refractivity contribution in [2.45, 2.75) is 45.6 Å². The maximum Gasteiger partial charge on any atom is 0.341 e. The molecule has 11 heteroatoms. The number of hydrogen-bond donors (Lipinski definition) is 2. The van der Waals surface area contributed by atoms with Gasteiger partial charge in [-0.05, 0) is 73.6 Å². The first kappa shape index (κ1) is 26.7. The Kier molecular flexibility index (Phi) is 6.79. The van der Waals surface area contributed by atoms with Crippen LogP contribution in [0.15, 0.2) is 56.1 Å². The second-order valence-corrected chi connectivity index (χ2v) is 12.9. The first-order valence-electron chi connectivity index (χ1n) is 12.2. The van der Waals surface area contributed by atoms with E-state index >= 15 is 0 Å². The normalized spacial score (nSPS) is 19.5. The number of anilines is 2. The molecule has 0 bridgehead atoms. The lowest BCUT2D eigenvalue weighted by Gasteiger charge is -2.30. The van der Waals surface area contributed by atoms with Gasteiger partial charge in [0.15, 0.2) is 5.58 Å². The summed E-state index contributed by atoms with van der Waals surface area (Å²) in [5, 5.41) is 3.17. The van der Waals surface area contributed by atoms with Crippen LogP contribution in [0, 0.1) is 29.2 Å². The van der Waals surface area contributed by atoms with Gasteiger partial charge in [-0.2, -0.15) is 0 Å². The average molecular weight is 651 g/mol. The van der Waals surface area contributed by atoms with E-state index in [1.807, 2.05) is 42.5 Å². The molecule has 38 heavy (non-hydrogen) atoms. The minimum absolute atomic E-state index is 0.00723. The van der Waals surface area contributed by atoms with Crippen molar-refractivity contribution in [3.63, 3.8) is 0 Å². The van der Waals surface area contributed by atoms with Crippen molar-refractivity contribution in [1.29, 1.82) is 0 Å². The summed E-state index contributed by atoms with van der Waals surface area (Å²) in [6, 6.07) is 4.66. The highest BCUT2D eigenvalue weighted by Gasteiger charge is 2.35. The Hall–Kier alpha value is -2.93. The van der Waals surface area contributed by atoms with Crippen LogP contribution in [0.2, 0.25) is 0 Å². The molecule has 2 N–H and O–H groups in total. The van der Waals surface area contributed by atoms with Crippen LogP contribution < -0.4 is 21.2 Å². The summed E-state index contributed by atoms with van der Waals surface area (Å²) in [7, 11) is -3.52. The summed E-state index contributed by atoms with van der Waals surface area (Å²) >= 11 is 2.01. The number of hydrogen-bond acceptors (Lipinski definition) is 6. The van der Waals surface area contributed by atoms with Crippen LogP contribution in [-0.2, 0) is 10.0 Å². The molecule has 8 nitrogen and oxygen atoms in total. The van der Waals surface area contributed by atoms with E-state index in [9.17, 15) is 22.4 Å². The van der Waals surface area contributed by atoms with Gasteiger partial charge >= 0.3 is 5.63 Å². The van der Waals surface area contributed by atoms with Gasteiger partial charge in [-0.15, -0.1) is 0 Å². The molecule has 0 saturated heterocycles. The fourth-order valence-corrected chi connectivity index (χ4v) is 6.24. The zero-order valence-corrected chi connectivity index (χ0v) is 24.2. The van der Waals surface area contributed by atoms with E-state index in [1.54, 1.807) is 35.8 Å². The summed E-state index contributed by atoms with van der Waals surface area (Å²) in [5.74, 6) is -1.25. The van der Waals surface area contributed by atoms with E-state index in [1.165, 1.54) is 6.07 Å². The Morgan fingerprint density at radius 2 is 1.89 bits per heavy atom. The first-order valence-corrected chi connectivity index (χ1v) is 15.1. The third-order valence-corrected chi connectivity index (χ3v) is 8.42. The Morgan fingerprint density at radius 1 is 1.18 bits per heavy atom. The van der Waals surface area contributed by atoms with Crippen LogP contribution in [0.3, 0.4) is 0 Å². The van der Waals surface area contributed by atoms with E-state index in [4.69, 9.17) is 4.42 Å². The van der Waals surface area contributed by atoms with E-state index in [2.05, 4.69) is 10.0 Å². The smallest absolute Gasteiger partial charge is 0.341 e. The highest BCUT2D eigenvalue weighted by atomic mass is 127. The third kappa shape index (κ3) is 4.81. The Morgan fingerprint density at radius 3 is 2.53 bits per heavy atom. The maximum absolute atomic E-state index is 14.8. The Balaban J connectivity index is 1.79. The summed E-state index contributed by atoms with van der Waals surface area (Å²) in [4.78, 5) is 27.0. The molecule has 3 aromatic rings. The molecule has 2 atom stereocenters. The van der Waals surface area contributed by atoms with E-state index in [0.29, 0.717) is 20.5 Å². The van der Waals surface area contributed by atoms with E-state index in [-0.39, 0.29) is 45.4 Å². The zero-order valence-electron chi connectivity index (χ0n) is 21.3. The number of nitrogens with zero attached hydrogens (tertiary/aromatic N) is 1.